The number of likely N-dealkylation sites (N-methyl/N-ethyl adjacent to an activating group) is 2. The van der Waals surface area contributed by atoms with Crippen molar-refractivity contribution in [3.8, 4) is 46.0 Å². The van der Waals surface area contributed by atoms with Crippen LogP contribution in [0.2, 0.25) is 0 Å². The summed E-state index contributed by atoms with van der Waals surface area (Å²) >= 11 is 0. The third-order valence-electron chi connectivity index (χ3n) is 12.3. The summed E-state index contributed by atoms with van der Waals surface area (Å²) in [4.78, 5) is 13.5. The standard InChI is InChI=1S/C46H56N2O8/c1-47-21-19-32-27-39(52-4)41-29-35(32)36(47)24-30-13-16-34(17-14-30)55-40-26-31(15-18-38(40)51-3)25-37-44-33(28-42(53-5)45(54-6)46(44)56-41)20-23-48(37,2)22-11-9-7-8-10-12-43(49)50/h13-18,26-29,36-37H,7-12,19-25H2,1-6H3/p+1. The summed E-state index contributed by atoms with van der Waals surface area (Å²) in [5.41, 5.74) is 7.12. The van der Waals surface area contributed by atoms with Gasteiger partial charge >= 0.3 is 5.97 Å². The zero-order valence-corrected chi connectivity index (χ0v) is 33.8. The van der Waals surface area contributed by atoms with Crippen molar-refractivity contribution in [2.75, 3.05) is 62.2 Å². The van der Waals surface area contributed by atoms with E-state index < -0.39 is 5.97 Å². The van der Waals surface area contributed by atoms with Gasteiger partial charge in [-0.2, -0.15) is 0 Å². The van der Waals surface area contributed by atoms with Crippen LogP contribution >= 0.6 is 0 Å². The SMILES string of the molecule is COc1ccc2cc1Oc1ccc(cc1)CC1c3cc(c(OC)cc3CCN1C)Oc1c(OC)c(OC)cc3c1C(C2)[N+](C)(CCCCCCCC(=O)O)CC3. The molecule has 10 nitrogen and oxygen atoms in total. The maximum absolute atomic E-state index is 11.1. The van der Waals surface area contributed by atoms with Crippen molar-refractivity contribution in [3.63, 3.8) is 0 Å². The van der Waals surface area contributed by atoms with Crippen LogP contribution in [-0.4, -0.2) is 82.6 Å². The summed E-state index contributed by atoms with van der Waals surface area (Å²) in [5.74, 6) is 4.57. The van der Waals surface area contributed by atoms with Crippen molar-refractivity contribution in [2.24, 2.45) is 0 Å². The molecule has 6 bridgehead atoms. The number of ether oxygens (including phenoxy) is 6. The maximum atomic E-state index is 11.1. The molecule has 0 aliphatic carbocycles. The molecule has 0 radical (unpaired) electrons. The van der Waals surface area contributed by atoms with E-state index in [4.69, 9.17) is 33.5 Å². The number of carboxylic acids is 1. The first kappa shape index (κ1) is 39.3. The largest absolute Gasteiger partial charge is 0.493 e. The number of fused-ring (bicyclic) bond motifs is 2. The lowest BCUT2D eigenvalue weighted by Gasteiger charge is -2.46. The van der Waals surface area contributed by atoms with Crippen LogP contribution in [0.1, 0.15) is 84.0 Å². The Kier molecular flexibility index (Phi) is 12.0. The predicted octanol–water partition coefficient (Wildman–Crippen LogP) is 9.10. The van der Waals surface area contributed by atoms with Crippen molar-refractivity contribution in [2.45, 2.75) is 76.3 Å². The summed E-state index contributed by atoms with van der Waals surface area (Å²) in [5, 5.41) is 9.11. The van der Waals surface area contributed by atoms with Gasteiger partial charge in [0.1, 0.15) is 11.8 Å². The molecule has 0 spiro atoms. The third-order valence-corrected chi connectivity index (χ3v) is 12.3. The van der Waals surface area contributed by atoms with Gasteiger partial charge in [0.2, 0.25) is 5.75 Å². The van der Waals surface area contributed by atoms with Crippen molar-refractivity contribution < 1.29 is 42.8 Å². The number of nitrogens with zero attached hydrogens (tertiary/aromatic N) is 2. The first-order valence-electron chi connectivity index (χ1n) is 20.0. The molecule has 0 saturated heterocycles. The van der Waals surface area contributed by atoms with Crippen LogP contribution in [0.15, 0.2) is 60.7 Å². The predicted molar refractivity (Wildman–Crippen MR) is 216 cm³/mol. The first-order valence-corrected chi connectivity index (χ1v) is 20.0. The number of methoxy groups -OCH3 is 4. The zero-order valence-electron chi connectivity index (χ0n) is 33.8. The minimum Gasteiger partial charge on any atom is -0.493 e. The maximum Gasteiger partial charge on any atom is 0.303 e. The molecule has 4 heterocycles. The van der Waals surface area contributed by atoms with Crippen LogP contribution in [0.25, 0.3) is 0 Å². The number of carboxylic acid groups (broad SMARTS) is 1. The van der Waals surface area contributed by atoms with Gasteiger partial charge in [-0.15, -0.1) is 0 Å². The molecule has 4 aliphatic rings. The fourth-order valence-electron chi connectivity index (χ4n) is 9.06. The fourth-order valence-corrected chi connectivity index (χ4v) is 9.06. The van der Waals surface area contributed by atoms with E-state index in [1.54, 1.807) is 28.4 Å². The van der Waals surface area contributed by atoms with Gasteiger partial charge in [-0.25, -0.2) is 0 Å². The van der Waals surface area contributed by atoms with Crippen LogP contribution in [0, 0.1) is 0 Å². The zero-order chi connectivity index (χ0) is 39.4. The number of rotatable bonds is 12. The Morgan fingerprint density at radius 2 is 1.46 bits per heavy atom. The number of carbonyl (C=O) groups is 1. The van der Waals surface area contributed by atoms with E-state index in [1.165, 1.54) is 22.3 Å². The lowest BCUT2D eigenvalue weighted by Crippen LogP contribution is -2.52. The van der Waals surface area contributed by atoms with E-state index in [9.17, 15) is 4.79 Å². The van der Waals surface area contributed by atoms with Crippen LogP contribution in [-0.2, 0) is 30.5 Å². The van der Waals surface area contributed by atoms with Gasteiger partial charge in [0.05, 0.1) is 54.1 Å². The minimum atomic E-state index is -0.726. The van der Waals surface area contributed by atoms with Gasteiger partial charge in [0.25, 0.3) is 0 Å². The quantitative estimate of drug-likeness (QED) is 0.112. The monoisotopic (exact) mass is 765 g/mol. The number of unbranched alkanes of at least 4 members (excludes halogenated alkanes) is 4. The van der Waals surface area contributed by atoms with E-state index in [0.717, 1.165) is 92.4 Å². The summed E-state index contributed by atoms with van der Waals surface area (Å²) in [6.45, 7) is 2.84. The Morgan fingerprint density at radius 3 is 2.20 bits per heavy atom. The molecule has 10 heteroatoms. The highest BCUT2D eigenvalue weighted by Gasteiger charge is 2.43. The molecule has 8 rings (SSSR count). The first-order chi connectivity index (χ1) is 27.1. The number of aliphatic carboxylic acids is 1. The smallest absolute Gasteiger partial charge is 0.303 e. The normalized spacial score (nSPS) is 20.1. The van der Waals surface area contributed by atoms with Crippen LogP contribution in [0.5, 0.6) is 46.0 Å². The van der Waals surface area contributed by atoms with Gasteiger partial charge in [0, 0.05) is 31.8 Å². The highest BCUT2D eigenvalue weighted by Crippen LogP contribution is 2.53. The van der Waals surface area contributed by atoms with Crippen molar-refractivity contribution in [1.82, 2.24) is 4.90 Å². The summed E-state index contributed by atoms with van der Waals surface area (Å²) in [6, 6.07) is 21.3. The average Bonchev–Trinajstić information content (AvgIpc) is 3.19. The number of quaternary nitrogens is 1. The Balaban J connectivity index is 1.39. The lowest BCUT2D eigenvalue weighted by atomic mass is 9.85. The van der Waals surface area contributed by atoms with Crippen molar-refractivity contribution in [1.29, 1.82) is 0 Å². The Bertz CT molecular complexity index is 2030. The summed E-state index contributed by atoms with van der Waals surface area (Å²) in [7, 11) is 11.3. The molecule has 0 fully saturated rings. The van der Waals surface area contributed by atoms with Crippen LogP contribution in [0.4, 0.5) is 0 Å². The molecule has 0 amide bonds. The van der Waals surface area contributed by atoms with Crippen molar-refractivity contribution >= 4 is 5.97 Å². The molecule has 4 aromatic carbocycles. The van der Waals surface area contributed by atoms with Crippen LogP contribution < -0.4 is 28.4 Å². The topological polar surface area (TPSA) is 95.9 Å². The molecule has 1 N–H and O–H groups in total. The Morgan fingerprint density at radius 1 is 0.768 bits per heavy atom. The van der Waals surface area contributed by atoms with Gasteiger partial charge in [-0.05, 0) is 109 Å². The van der Waals surface area contributed by atoms with Gasteiger partial charge < -0.3 is 38.0 Å². The van der Waals surface area contributed by atoms with Crippen molar-refractivity contribution in [3.05, 3.63) is 94.0 Å². The van der Waals surface area contributed by atoms with Crippen LogP contribution in [0.3, 0.4) is 0 Å². The highest BCUT2D eigenvalue weighted by molar-refractivity contribution is 5.66. The second-order valence-corrected chi connectivity index (χ2v) is 15.8. The highest BCUT2D eigenvalue weighted by atomic mass is 16.5. The molecule has 4 aromatic rings. The lowest BCUT2D eigenvalue weighted by molar-refractivity contribution is -0.941. The molecule has 56 heavy (non-hydrogen) atoms. The van der Waals surface area contributed by atoms with Gasteiger partial charge in [0.15, 0.2) is 34.5 Å². The minimum absolute atomic E-state index is 0.0116. The second kappa shape index (κ2) is 17.1. The Labute approximate surface area is 331 Å². The van der Waals surface area contributed by atoms with Gasteiger partial charge in [-0.3, -0.25) is 9.69 Å². The van der Waals surface area contributed by atoms with Gasteiger partial charge in [-0.1, -0.05) is 31.0 Å². The molecular weight excluding hydrogens is 709 g/mol. The third kappa shape index (κ3) is 8.13. The number of hydrogen-bond acceptors (Lipinski definition) is 8. The molecule has 0 saturated carbocycles. The fraction of sp³-hybridized carbons (Fsp3) is 0.457. The van der Waals surface area contributed by atoms with E-state index in [0.29, 0.717) is 46.7 Å². The molecule has 3 atom stereocenters. The molecule has 4 aliphatic heterocycles. The molecule has 0 aromatic heterocycles. The summed E-state index contributed by atoms with van der Waals surface area (Å²) in [6.07, 6.45) is 8.25. The average molecular weight is 766 g/mol. The number of benzene rings is 4. The Hall–Kier alpha value is -4.93. The molecule has 298 valence electrons. The molecular formula is C46H57N2O8+. The summed E-state index contributed by atoms with van der Waals surface area (Å²) < 4.78 is 38.7. The second-order valence-electron chi connectivity index (χ2n) is 15.8. The van der Waals surface area contributed by atoms with E-state index in [2.05, 4.69) is 73.6 Å². The van der Waals surface area contributed by atoms with E-state index >= 15 is 0 Å². The molecule has 3 unspecified atom stereocenters. The van der Waals surface area contributed by atoms with E-state index in [1.807, 2.05) is 6.07 Å². The van der Waals surface area contributed by atoms with E-state index in [-0.39, 0.29) is 18.5 Å². The number of hydrogen-bond donors (Lipinski definition) is 1.